The minimum absolute atomic E-state index is 0.0227. The second-order valence-electron chi connectivity index (χ2n) is 6.18. The van der Waals surface area contributed by atoms with E-state index in [0.29, 0.717) is 5.56 Å². The van der Waals surface area contributed by atoms with Crippen LogP contribution in [0.4, 0.5) is 0 Å². The van der Waals surface area contributed by atoms with Crippen molar-refractivity contribution in [2.24, 2.45) is 4.99 Å². The van der Waals surface area contributed by atoms with Gasteiger partial charge in [0.05, 0.1) is 10.7 Å². The van der Waals surface area contributed by atoms with Gasteiger partial charge in [-0.05, 0) is 31.0 Å². The van der Waals surface area contributed by atoms with Crippen molar-refractivity contribution >= 4 is 23.2 Å². The molecule has 0 aliphatic carbocycles. The van der Waals surface area contributed by atoms with Crippen LogP contribution in [0.2, 0.25) is 0 Å². The Balaban J connectivity index is 1.76. The van der Waals surface area contributed by atoms with Crippen molar-refractivity contribution in [3.05, 3.63) is 51.5 Å². The van der Waals surface area contributed by atoms with Crippen molar-refractivity contribution in [3.8, 4) is 0 Å². The fraction of sp³-hybridized carbons (Fsp3) is 0.421. The van der Waals surface area contributed by atoms with Gasteiger partial charge in [0.25, 0.3) is 5.91 Å². The molecular weight excluding hydrogens is 346 g/mol. The van der Waals surface area contributed by atoms with Crippen molar-refractivity contribution in [2.75, 3.05) is 34.2 Å². The minimum Gasteiger partial charge on any atom is -0.356 e. The lowest BCUT2D eigenvalue weighted by Crippen LogP contribution is -2.39. The Morgan fingerprint density at radius 1 is 1.23 bits per heavy atom. The van der Waals surface area contributed by atoms with Gasteiger partial charge >= 0.3 is 0 Å². The SMILES string of the molecule is CN=C(NCCc1cccc(C(=O)N(C)C)c1)NCCc1csc(C)n1. The summed E-state index contributed by atoms with van der Waals surface area (Å²) < 4.78 is 0. The van der Waals surface area contributed by atoms with Gasteiger partial charge in [-0.25, -0.2) is 4.98 Å². The van der Waals surface area contributed by atoms with Crippen molar-refractivity contribution in [1.82, 2.24) is 20.5 Å². The van der Waals surface area contributed by atoms with Gasteiger partial charge in [-0.2, -0.15) is 0 Å². The van der Waals surface area contributed by atoms with Crippen LogP contribution >= 0.6 is 11.3 Å². The topological polar surface area (TPSA) is 69.6 Å². The summed E-state index contributed by atoms with van der Waals surface area (Å²) in [5, 5.41) is 9.79. The number of aliphatic imine (C=N–C) groups is 1. The highest BCUT2D eigenvalue weighted by Gasteiger charge is 2.08. The molecule has 0 aliphatic rings. The molecule has 1 heterocycles. The number of hydrogen-bond donors (Lipinski definition) is 2. The zero-order valence-electron chi connectivity index (χ0n) is 15.9. The molecular formula is C19H27N5OS. The molecule has 140 valence electrons. The van der Waals surface area contributed by atoms with Crippen LogP contribution in [0.5, 0.6) is 0 Å². The smallest absolute Gasteiger partial charge is 0.253 e. The Hall–Kier alpha value is -2.41. The molecule has 0 aliphatic heterocycles. The molecule has 0 saturated heterocycles. The highest BCUT2D eigenvalue weighted by Crippen LogP contribution is 2.08. The summed E-state index contributed by atoms with van der Waals surface area (Å²) in [4.78, 5) is 22.3. The highest BCUT2D eigenvalue weighted by atomic mass is 32.1. The molecule has 6 nitrogen and oxygen atoms in total. The Morgan fingerprint density at radius 2 is 1.96 bits per heavy atom. The molecule has 1 aromatic carbocycles. The van der Waals surface area contributed by atoms with E-state index in [2.05, 4.69) is 26.0 Å². The van der Waals surface area contributed by atoms with Gasteiger partial charge in [-0.15, -0.1) is 11.3 Å². The lowest BCUT2D eigenvalue weighted by molar-refractivity contribution is 0.0827. The molecule has 0 fully saturated rings. The Kier molecular flexibility index (Phi) is 7.59. The third-order valence-electron chi connectivity index (χ3n) is 3.85. The normalized spacial score (nSPS) is 11.3. The lowest BCUT2D eigenvalue weighted by Gasteiger charge is -2.13. The van der Waals surface area contributed by atoms with Crippen LogP contribution in [0.1, 0.15) is 26.6 Å². The first-order valence-electron chi connectivity index (χ1n) is 8.65. The van der Waals surface area contributed by atoms with Crippen LogP contribution < -0.4 is 10.6 Å². The number of guanidine groups is 1. The Morgan fingerprint density at radius 3 is 2.58 bits per heavy atom. The lowest BCUT2D eigenvalue weighted by atomic mass is 10.1. The second kappa shape index (κ2) is 9.91. The summed E-state index contributed by atoms with van der Waals surface area (Å²) >= 11 is 1.67. The third kappa shape index (κ3) is 6.15. The average Bonchev–Trinajstić information content (AvgIpc) is 3.05. The molecule has 2 aromatic rings. The van der Waals surface area contributed by atoms with E-state index in [1.54, 1.807) is 37.4 Å². The van der Waals surface area contributed by atoms with Gasteiger partial charge in [0.2, 0.25) is 0 Å². The number of rotatable bonds is 7. The maximum Gasteiger partial charge on any atom is 0.253 e. The molecule has 2 rings (SSSR count). The molecule has 1 amide bonds. The van der Waals surface area contributed by atoms with Crippen LogP contribution in [0.25, 0.3) is 0 Å². The first kappa shape index (κ1) is 19.9. The van der Waals surface area contributed by atoms with E-state index < -0.39 is 0 Å². The predicted molar refractivity (Wildman–Crippen MR) is 108 cm³/mol. The summed E-state index contributed by atoms with van der Waals surface area (Å²) in [7, 11) is 5.29. The van der Waals surface area contributed by atoms with E-state index >= 15 is 0 Å². The molecule has 7 heteroatoms. The van der Waals surface area contributed by atoms with Gasteiger partial charge in [-0.1, -0.05) is 12.1 Å². The van der Waals surface area contributed by atoms with Gasteiger partial charge < -0.3 is 15.5 Å². The first-order chi connectivity index (χ1) is 12.5. The molecule has 0 spiro atoms. The molecule has 0 atom stereocenters. The first-order valence-corrected chi connectivity index (χ1v) is 9.53. The van der Waals surface area contributed by atoms with Crippen LogP contribution in [0.3, 0.4) is 0 Å². The van der Waals surface area contributed by atoms with Crippen molar-refractivity contribution < 1.29 is 4.79 Å². The predicted octanol–water partition coefficient (Wildman–Crippen LogP) is 2.10. The van der Waals surface area contributed by atoms with Crippen LogP contribution in [0, 0.1) is 6.92 Å². The maximum absolute atomic E-state index is 12.0. The van der Waals surface area contributed by atoms with Gasteiger partial charge in [0.1, 0.15) is 0 Å². The van der Waals surface area contributed by atoms with Crippen molar-refractivity contribution in [1.29, 1.82) is 0 Å². The zero-order chi connectivity index (χ0) is 18.9. The molecule has 2 N–H and O–H groups in total. The fourth-order valence-electron chi connectivity index (χ4n) is 2.50. The van der Waals surface area contributed by atoms with E-state index in [4.69, 9.17) is 0 Å². The van der Waals surface area contributed by atoms with Gasteiger partial charge in [-0.3, -0.25) is 9.79 Å². The number of thiazole rings is 1. The number of hydrogen-bond acceptors (Lipinski definition) is 4. The number of nitrogens with one attached hydrogen (secondary N) is 2. The zero-order valence-corrected chi connectivity index (χ0v) is 16.7. The minimum atomic E-state index is 0.0227. The van der Waals surface area contributed by atoms with Crippen LogP contribution in [-0.4, -0.2) is 56.0 Å². The Bertz CT molecular complexity index is 754. The second-order valence-corrected chi connectivity index (χ2v) is 7.25. The monoisotopic (exact) mass is 373 g/mol. The molecule has 26 heavy (non-hydrogen) atoms. The van der Waals surface area contributed by atoms with E-state index in [1.165, 1.54) is 0 Å². The fourth-order valence-corrected chi connectivity index (χ4v) is 3.14. The summed E-state index contributed by atoms with van der Waals surface area (Å²) in [5.41, 5.74) is 2.95. The molecule has 0 bridgehead atoms. The summed E-state index contributed by atoms with van der Waals surface area (Å²) in [6.45, 7) is 3.55. The number of aryl methyl sites for hydroxylation is 1. The van der Waals surface area contributed by atoms with Crippen molar-refractivity contribution in [2.45, 2.75) is 19.8 Å². The van der Waals surface area contributed by atoms with Gasteiger partial charge in [0.15, 0.2) is 5.96 Å². The quantitative estimate of drug-likeness (QED) is 0.576. The summed E-state index contributed by atoms with van der Waals surface area (Å²) in [6.07, 6.45) is 1.69. The Labute approximate surface area is 159 Å². The standard InChI is InChI=1S/C19H27N5OS/c1-14-23-17(13-26-14)9-11-22-19(20-2)21-10-8-15-6-5-7-16(12-15)18(25)24(3)4/h5-7,12-13H,8-11H2,1-4H3,(H2,20,21,22). The van der Waals surface area contributed by atoms with Gasteiger partial charge in [0, 0.05) is 51.6 Å². The van der Waals surface area contributed by atoms with Crippen molar-refractivity contribution in [3.63, 3.8) is 0 Å². The number of aromatic nitrogens is 1. The largest absolute Gasteiger partial charge is 0.356 e. The molecule has 0 radical (unpaired) electrons. The summed E-state index contributed by atoms with van der Waals surface area (Å²) in [6, 6.07) is 7.76. The van der Waals surface area contributed by atoms with E-state index in [-0.39, 0.29) is 5.91 Å². The highest BCUT2D eigenvalue weighted by molar-refractivity contribution is 7.09. The van der Waals surface area contributed by atoms with Crippen LogP contribution in [-0.2, 0) is 12.8 Å². The number of carbonyl (C=O) groups excluding carboxylic acids is 1. The number of benzene rings is 1. The number of nitrogens with zero attached hydrogens (tertiary/aromatic N) is 3. The molecule has 0 unspecified atom stereocenters. The average molecular weight is 374 g/mol. The van der Waals surface area contributed by atoms with E-state index in [0.717, 1.165) is 48.2 Å². The van der Waals surface area contributed by atoms with E-state index in [1.807, 2.05) is 31.2 Å². The number of carbonyl (C=O) groups is 1. The maximum atomic E-state index is 12.0. The van der Waals surface area contributed by atoms with Crippen LogP contribution in [0.15, 0.2) is 34.6 Å². The number of amides is 1. The molecule has 0 saturated carbocycles. The van der Waals surface area contributed by atoms with E-state index in [9.17, 15) is 4.79 Å². The third-order valence-corrected chi connectivity index (χ3v) is 4.67. The summed E-state index contributed by atoms with van der Waals surface area (Å²) in [5.74, 6) is 0.798. The molecule has 1 aromatic heterocycles.